The molecule has 1 aromatic carbocycles. The zero-order valence-corrected chi connectivity index (χ0v) is 18.6. The van der Waals surface area contributed by atoms with Gasteiger partial charge < -0.3 is 24.1 Å². The minimum atomic E-state index is -0.254. The number of benzene rings is 1. The number of fused-ring (bicyclic) bond motifs is 1. The largest absolute Gasteiger partial charge is 0.459 e. The van der Waals surface area contributed by atoms with Crippen molar-refractivity contribution in [1.29, 1.82) is 0 Å². The molecule has 2 aliphatic heterocycles. The van der Waals surface area contributed by atoms with Gasteiger partial charge in [0, 0.05) is 37.7 Å². The summed E-state index contributed by atoms with van der Waals surface area (Å²) in [6.07, 6.45) is 2.41. The Bertz CT molecular complexity index is 835. The molecule has 2 saturated heterocycles. The van der Waals surface area contributed by atoms with Gasteiger partial charge in [-0.3, -0.25) is 4.99 Å². The first-order valence-electron chi connectivity index (χ1n) is 9.52. The molecule has 4 rings (SSSR count). The molecule has 28 heavy (non-hydrogen) atoms. The number of nitrogens with one attached hydrogen (secondary N) is 1. The van der Waals surface area contributed by atoms with Crippen LogP contribution < -0.4 is 5.32 Å². The summed E-state index contributed by atoms with van der Waals surface area (Å²) in [5.74, 6) is 1.35. The van der Waals surface area contributed by atoms with Gasteiger partial charge in [-0.1, -0.05) is 0 Å². The van der Waals surface area contributed by atoms with Gasteiger partial charge in [-0.25, -0.2) is 4.39 Å². The van der Waals surface area contributed by atoms with E-state index in [9.17, 15) is 4.39 Å². The Balaban J connectivity index is 0.00000225. The van der Waals surface area contributed by atoms with Gasteiger partial charge >= 0.3 is 0 Å². The SMILES string of the molecule is CN=C(NCc1oc2ccc(F)cc2c1C)N1CCOC(C2CCCO2)C1.I. The van der Waals surface area contributed by atoms with Gasteiger partial charge in [0.05, 0.1) is 19.3 Å². The maximum absolute atomic E-state index is 13.5. The number of morpholine rings is 1. The third-order valence-electron chi connectivity index (χ3n) is 5.39. The summed E-state index contributed by atoms with van der Waals surface area (Å²) in [5.41, 5.74) is 1.65. The predicted octanol–water partition coefficient (Wildman–Crippen LogP) is 3.45. The van der Waals surface area contributed by atoms with Gasteiger partial charge in [-0.05, 0) is 38.0 Å². The average Bonchev–Trinajstić information content (AvgIpc) is 3.32. The number of furan rings is 1. The van der Waals surface area contributed by atoms with Gasteiger partial charge in [0.15, 0.2) is 5.96 Å². The van der Waals surface area contributed by atoms with E-state index in [0.29, 0.717) is 18.7 Å². The van der Waals surface area contributed by atoms with Crippen LogP contribution in [0.1, 0.15) is 24.2 Å². The summed E-state index contributed by atoms with van der Waals surface area (Å²) in [6.45, 7) is 5.48. The molecule has 2 unspecified atom stereocenters. The highest BCUT2D eigenvalue weighted by Crippen LogP contribution is 2.26. The molecule has 0 spiro atoms. The van der Waals surface area contributed by atoms with Crippen LogP contribution in [0.25, 0.3) is 11.0 Å². The third-order valence-corrected chi connectivity index (χ3v) is 5.39. The molecule has 0 aliphatic carbocycles. The topological polar surface area (TPSA) is 59.2 Å². The van der Waals surface area contributed by atoms with Gasteiger partial charge in [0.1, 0.15) is 23.3 Å². The standard InChI is InChI=1S/C20H26FN3O3.HI/c1-13-15-10-14(21)5-6-16(15)27-18(13)11-23-20(22-2)24-7-9-26-19(12-24)17-4-3-8-25-17;/h5-6,10,17,19H,3-4,7-9,11-12H2,1-2H3,(H,22,23);1H. The molecule has 0 bridgehead atoms. The average molecular weight is 503 g/mol. The quantitative estimate of drug-likeness (QED) is 0.395. The fourth-order valence-corrected chi connectivity index (χ4v) is 3.89. The number of hydrogen-bond donors (Lipinski definition) is 1. The van der Waals surface area contributed by atoms with E-state index in [0.717, 1.165) is 55.2 Å². The fraction of sp³-hybridized carbons (Fsp3) is 0.550. The normalized spacial score (nSPS) is 23.1. The Labute approximate surface area is 181 Å². The van der Waals surface area contributed by atoms with Crippen molar-refractivity contribution in [3.8, 4) is 0 Å². The van der Waals surface area contributed by atoms with Crippen LogP contribution >= 0.6 is 24.0 Å². The van der Waals surface area contributed by atoms with Crippen molar-refractivity contribution in [2.24, 2.45) is 4.99 Å². The summed E-state index contributed by atoms with van der Waals surface area (Å²) in [4.78, 5) is 6.62. The summed E-state index contributed by atoms with van der Waals surface area (Å²) >= 11 is 0. The first-order chi connectivity index (χ1) is 13.2. The Kier molecular flexibility index (Phi) is 7.16. The number of nitrogens with zero attached hydrogens (tertiary/aromatic N) is 2. The highest BCUT2D eigenvalue weighted by Gasteiger charge is 2.32. The van der Waals surface area contributed by atoms with Crippen LogP contribution in [0.4, 0.5) is 4.39 Å². The summed E-state index contributed by atoms with van der Waals surface area (Å²) in [5, 5.41) is 4.19. The number of ether oxygens (including phenoxy) is 2. The molecule has 6 nitrogen and oxygen atoms in total. The smallest absolute Gasteiger partial charge is 0.194 e. The second-order valence-electron chi connectivity index (χ2n) is 7.10. The summed E-state index contributed by atoms with van der Waals surface area (Å²) in [6, 6.07) is 4.60. The number of halogens is 2. The molecule has 154 valence electrons. The molecule has 8 heteroatoms. The van der Waals surface area contributed by atoms with Crippen molar-refractivity contribution < 1.29 is 18.3 Å². The zero-order valence-electron chi connectivity index (χ0n) is 16.2. The van der Waals surface area contributed by atoms with Crippen molar-refractivity contribution in [3.63, 3.8) is 0 Å². The van der Waals surface area contributed by atoms with Crippen LogP contribution in [0.15, 0.2) is 27.6 Å². The molecule has 0 amide bonds. The van der Waals surface area contributed by atoms with E-state index < -0.39 is 0 Å². The molecule has 2 atom stereocenters. The molecule has 2 aromatic rings. The van der Waals surface area contributed by atoms with E-state index in [2.05, 4.69) is 15.2 Å². The number of rotatable bonds is 3. The second-order valence-corrected chi connectivity index (χ2v) is 7.10. The Morgan fingerprint density at radius 3 is 2.86 bits per heavy atom. The molecular weight excluding hydrogens is 476 g/mol. The van der Waals surface area contributed by atoms with Crippen LogP contribution in [-0.2, 0) is 16.0 Å². The number of aryl methyl sites for hydroxylation is 1. The summed E-state index contributed by atoms with van der Waals surface area (Å²) in [7, 11) is 1.78. The van der Waals surface area contributed by atoms with Crippen LogP contribution in [0.2, 0.25) is 0 Å². The predicted molar refractivity (Wildman–Crippen MR) is 117 cm³/mol. The van der Waals surface area contributed by atoms with Crippen molar-refractivity contribution in [3.05, 3.63) is 35.3 Å². The lowest BCUT2D eigenvalue weighted by Crippen LogP contribution is -2.53. The van der Waals surface area contributed by atoms with E-state index in [1.54, 1.807) is 13.1 Å². The lowest BCUT2D eigenvalue weighted by molar-refractivity contribution is -0.0817. The monoisotopic (exact) mass is 503 g/mol. The molecule has 2 fully saturated rings. The van der Waals surface area contributed by atoms with Crippen molar-refractivity contribution >= 4 is 40.9 Å². The molecule has 0 radical (unpaired) electrons. The minimum Gasteiger partial charge on any atom is -0.459 e. The lowest BCUT2D eigenvalue weighted by atomic mass is 10.1. The van der Waals surface area contributed by atoms with Crippen molar-refractivity contribution in [2.75, 3.05) is 33.4 Å². The molecule has 1 N–H and O–H groups in total. The van der Waals surface area contributed by atoms with E-state index in [4.69, 9.17) is 13.9 Å². The van der Waals surface area contributed by atoms with Crippen molar-refractivity contribution in [1.82, 2.24) is 10.2 Å². The van der Waals surface area contributed by atoms with Crippen LogP contribution in [0, 0.1) is 12.7 Å². The molecule has 3 heterocycles. The maximum Gasteiger partial charge on any atom is 0.194 e. The molecule has 0 saturated carbocycles. The highest BCUT2D eigenvalue weighted by molar-refractivity contribution is 14.0. The van der Waals surface area contributed by atoms with Crippen LogP contribution in [0.3, 0.4) is 0 Å². The first kappa shape index (κ1) is 21.3. The zero-order chi connectivity index (χ0) is 18.8. The third kappa shape index (κ3) is 4.44. The lowest BCUT2D eigenvalue weighted by Gasteiger charge is -2.37. The number of guanidine groups is 1. The van der Waals surface area contributed by atoms with E-state index >= 15 is 0 Å². The maximum atomic E-state index is 13.5. The molecule has 1 aromatic heterocycles. The summed E-state index contributed by atoms with van der Waals surface area (Å²) < 4.78 is 31.1. The Morgan fingerprint density at radius 2 is 2.11 bits per heavy atom. The van der Waals surface area contributed by atoms with E-state index in [1.165, 1.54) is 12.1 Å². The number of aliphatic imine (C=N–C) groups is 1. The van der Waals surface area contributed by atoms with Crippen LogP contribution in [-0.4, -0.2) is 56.4 Å². The van der Waals surface area contributed by atoms with Crippen molar-refractivity contribution in [2.45, 2.75) is 38.5 Å². The van der Waals surface area contributed by atoms with Crippen LogP contribution in [0.5, 0.6) is 0 Å². The van der Waals surface area contributed by atoms with Gasteiger partial charge in [0.25, 0.3) is 0 Å². The van der Waals surface area contributed by atoms with E-state index in [-0.39, 0.29) is 42.0 Å². The Morgan fingerprint density at radius 1 is 1.29 bits per heavy atom. The second kappa shape index (κ2) is 9.41. The Hall–Kier alpha value is -1.39. The van der Waals surface area contributed by atoms with Gasteiger partial charge in [0.2, 0.25) is 0 Å². The first-order valence-corrected chi connectivity index (χ1v) is 9.52. The minimum absolute atomic E-state index is 0. The van der Waals surface area contributed by atoms with E-state index in [1.807, 2.05) is 6.92 Å². The molecular formula is C20H27FIN3O3. The highest BCUT2D eigenvalue weighted by atomic mass is 127. The van der Waals surface area contributed by atoms with Gasteiger partial charge in [-0.15, -0.1) is 24.0 Å². The number of hydrogen-bond acceptors (Lipinski definition) is 4. The fourth-order valence-electron chi connectivity index (χ4n) is 3.89. The van der Waals surface area contributed by atoms with Gasteiger partial charge in [-0.2, -0.15) is 0 Å². The molecule has 2 aliphatic rings.